The first kappa shape index (κ1) is 17.3. The zero-order valence-electron chi connectivity index (χ0n) is 15.1. The predicted molar refractivity (Wildman–Crippen MR) is 93.4 cm³/mol. The SMILES string of the molecule is CC(=O)N1CCCC1c1cncc(CN(C)C2CCN(C)CC2)n1. The number of piperidine rings is 1. The Hall–Kier alpha value is -1.53. The van der Waals surface area contributed by atoms with Crippen LogP contribution in [0.4, 0.5) is 0 Å². The molecule has 2 aliphatic rings. The molecule has 0 aromatic carbocycles. The highest BCUT2D eigenvalue weighted by molar-refractivity contribution is 5.74. The first-order valence-corrected chi connectivity index (χ1v) is 9.01. The number of amides is 1. The van der Waals surface area contributed by atoms with Gasteiger partial charge in [0.1, 0.15) is 0 Å². The second kappa shape index (κ2) is 7.57. The lowest BCUT2D eigenvalue weighted by atomic mass is 10.0. The highest BCUT2D eigenvalue weighted by Crippen LogP contribution is 2.30. The summed E-state index contributed by atoms with van der Waals surface area (Å²) in [6.07, 6.45) is 8.14. The van der Waals surface area contributed by atoms with E-state index in [0.29, 0.717) is 6.04 Å². The maximum atomic E-state index is 11.8. The first-order chi connectivity index (χ1) is 11.5. The molecule has 3 rings (SSSR count). The van der Waals surface area contributed by atoms with Crippen LogP contribution < -0.4 is 0 Å². The Morgan fingerprint density at radius 2 is 2.00 bits per heavy atom. The molecule has 1 atom stereocenters. The van der Waals surface area contributed by atoms with Gasteiger partial charge in [0.2, 0.25) is 5.91 Å². The van der Waals surface area contributed by atoms with Gasteiger partial charge < -0.3 is 9.80 Å². The standard InChI is InChI=1S/C18H29N5O/c1-14(24)23-8-4-5-18(23)17-12-19-11-15(20-17)13-22(3)16-6-9-21(2)10-7-16/h11-12,16,18H,4-10,13H2,1-3H3. The number of nitrogens with zero attached hydrogens (tertiary/aromatic N) is 5. The van der Waals surface area contributed by atoms with Gasteiger partial charge in [-0.05, 0) is 52.9 Å². The summed E-state index contributed by atoms with van der Waals surface area (Å²) >= 11 is 0. The highest BCUT2D eigenvalue weighted by Gasteiger charge is 2.29. The predicted octanol–water partition coefficient (Wildman–Crippen LogP) is 1.69. The lowest BCUT2D eigenvalue weighted by Crippen LogP contribution is -2.41. The molecule has 3 heterocycles. The van der Waals surface area contributed by atoms with Crippen LogP contribution in [0.5, 0.6) is 0 Å². The van der Waals surface area contributed by atoms with Gasteiger partial charge in [0, 0.05) is 32.3 Å². The van der Waals surface area contributed by atoms with Crippen LogP contribution in [0.1, 0.15) is 50.0 Å². The molecule has 1 unspecified atom stereocenters. The van der Waals surface area contributed by atoms with Crippen molar-refractivity contribution >= 4 is 5.91 Å². The molecule has 1 aromatic heterocycles. The van der Waals surface area contributed by atoms with Crippen LogP contribution in [0.2, 0.25) is 0 Å². The molecule has 0 radical (unpaired) electrons. The van der Waals surface area contributed by atoms with Crippen molar-refractivity contribution in [2.75, 3.05) is 33.7 Å². The third-order valence-electron chi connectivity index (χ3n) is 5.42. The van der Waals surface area contributed by atoms with E-state index < -0.39 is 0 Å². The van der Waals surface area contributed by atoms with E-state index in [1.54, 1.807) is 6.92 Å². The van der Waals surface area contributed by atoms with Gasteiger partial charge in [-0.2, -0.15) is 0 Å². The lowest BCUT2D eigenvalue weighted by Gasteiger charge is -2.35. The van der Waals surface area contributed by atoms with Gasteiger partial charge in [-0.25, -0.2) is 0 Å². The molecule has 0 saturated carbocycles. The second-order valence-electron chi connectivity index (χ2n) is 7.26. The Bertz CT molecular complexity index is 570. The van der Waals surface area contributed by atoms with E-state index in [1.165, 1.54) is 12.8 Å². The Labute approximate surface area is 144 Å². The molecule has 24 heavy (non-hydrogen) atoms. The van der Waals surface area contributed by atoms with Crippen LogP contribution in [0, 0.1) is 0 Å². The van der Waals surface area contributed by atoms with E-state index in [0.717, 1.165) is 50.4 Å². The summed E-state index contributed by atoms with van der Waals surface area (Å²) < 4.78 is 0. The van der Waals surface area contributed by atoms with Crippen molar-refractivity contribution in [2.45, 2.75) is 51.2 Å². The summed E-state index contributed by atoms with van der Waals surface area (Å²) in [5.41, 5.74) is 1.95. The van der Waals surface area contributed by atoms with Crippen molar-refractivity contribution in [3.05, 3.63) is 23.8 Å². The largest absolute Gasteiger partial charge is 0.334 e. The number of hydrogen-bond donors (Lipinski definition) is 0. The molecule has 0 bridgehead atoms. The molecule has 0 spiro atoms. The maximum absolute atomic E-state index is 11.8. The molecule has 1 amide bonds. The van der Waals surface area contributed by atoms with Gasteiger partial charge in [-0.3, -0.25) is 19.7 Å². The number of carbonyl (C=O) groups excluding carboxylic acids is 1. The summed E-state index contributed by atoms with van der Waals surface area (Å²) in [4.78, 5) is 27.7. The van der Waals surface area contributed by atoms with Crippen LogP contribution in [0.15, 0.2) is 12.4 Å². The fraction of sp³-hybridized carbons (Fsp3) is 0.722. The third kappa shape index (κ3) is 3.92. The van der Waals surface area contributed by atoms with Crippen LogP contribution in [-0.4, -0.2) is 70.3 Å². The Morgan fingerprint density at radius 3 is 2.71 bits per heavy atom. The second-order valence-corrected chi connectivity index (χ2v) is 7.26. The molecule has 1 aromatic rings. The van der Waals surface area contributed by atoms with E-state index in [4.69, 9.17) is 4.98 Å². The van der Waals surface area contributed by atoms with Gasteiger partial charge in [0.25, 0.3) is 0 Å². The van der Waals surface area contributed by atoms with Gasteiger partial charge >= 0.3 is 0 Å². The topological polar surface area (TPSA) is 52.6 Å². The van der Waals surface area contributed by atoms with E-state index in [1.807, 2.05) is 17.3 Å². The summed E-state index contributed by atoms with van der Waals surface area (Å²) in [5.74, 6) is 0.133. The molecular weight excluding hydrogens is 302 g/mol. The first-order valence-electron chi connectivity index (χ1n) is 9.01. The quantitative estimate of drug-likeness (QED) is 0.840. The number of carbonyl (C=O) groups is 1. The monoisotopic (exact) mass is 331 g/mol. The van der Waals surface area contributed by atoms with Crippen molar-refractivity contribution in [3.63, 3.8) is 0 Å². The van der Waals surface area contributed by atoms with Crippen molar-refractivity contribution in [1.82, 2.24) is 24.7 Å². The molecule has 6 heteroatoms. The molecule has 0 N–H and O–H groups in total. The van der Waals surface area contributed by atoms with Crippen LogP contribution in [-0.2, 0) is 11.3 Å². The van der Waals surface area contributed by atoms with Crippen LogP contribution >= 0.6 is 0 Å². The molecule has 6 nitrogen and oxygen atoms in total. The van der Waals surface area contributed by atoms with E-state index in [9.17, 15) is 4.79 Å². The van der Waals surface area contributed by atoms with E-state index in [2.05, 4.69) is 28.9 Å². The Kier molecular flexibility index (Phi) is 5.46. The van der Waals surface area contributed by atoms with Crippen molar-refractivity contribution < 1.29 is 4.79 Å². The fourth-order valence-electron chi connectivity index (χ4n) is 3.93. The molecule has 2 aliphatic heterocycles. The molecule has 0 aliphatic carbocycles. The van der Waals surface area contributed by atoms with Crippen molar-refractivity contribution in [3.8, 4) is 0 Å². The Balaban J connectivity index is 1.66. The van der Waals surface area contributed by atoms with Gasteiger partial charge in [-0.1, -0.05) is 0 Å². The van der Waals surface area contributed by atoms with Crippen molar-refractivity contribution in [1.29, 1.82) is 0 Å². The zero-order chi connectivity index (χ0) is 17.1. The van der Waals surface area contributed by atoms with E-state index in [-0.39, 0.29) is 11.9 Å². The molecular formula is C18H29N5O. The summed E-state index contributed by atoms with van der Waals surface area (Å²) in [7, 11) is 4.37. The average molecular weight is 331 g/mol. The summed E-state index contributed by atoms with van der Waals surface area (Å²) in [6, 6.07) is 0.718. The molecule has 132 valence electrons. The van der Waals surface area contributed by atoms with Crippen molar-refractivity contribution in [2.24, 2.45) is 0 Å². The molecule has 2 saturated heterocycles. The molecule has 2 fully saturated rings. The zero-order valence-corrected chi connectivity index (χ0v) is 15.1. The fourth-order valence-corrected chi connectivity index (χ4v) is 3.93. The average Bonchev–Trinajstić information content (AvgIpc) is 3.05. The minimum atomic E-state index is 0.101. The minimum absolute atomic E-state index is 0.101. The number of hydrogen-bond acceptors (Lipinski definition) is 5. The Morgan fingerprint density at radius 1 is 1.25 bits per heavy atom. The van der Waals surface area contributed by atoms with E-state index >= 15 is 0 Å². The smallest absolute Gasteiger partial charge is 0.220 e. The summed E-state index contributed by atoms with van der Waals surface area (Å²) in [6.45, 7) is 5.62. The third-order valence-corrected chi connectivity index (χ3v) is 5.42. The number of aromatic nitrogens is 2. The van der Waals surface area contributed by atoms with Crippen LogP contribution in [0.25, 0.3) is 0 Å². The lowest BCUT2D eigenvalue weighted by molar-refractivity contribution is -0.129. The minimum Gasteiger partial charge on any atom is -0.334 e. The summed E-state index contributed by atoms with van der Waals surface area (Å²) in [5, 5.41) is 0. The number of likely N-dealkylation sites (tertiary alicyclic amines) is 2. The van der Waals surface area contributed by atoms with Gasteiger partial charge in [0.05, 0.1) is 23.6 Å². The normalized spacial score (nSPS) is 23.2. The number of rotatable bonds is 4. The van der Waals surface area contributed by atoms with Gasteiger partial charge in [0.15, 0.2) is 0 Å². The maximum Gasteiger partial charge on any atom is 0.220 e. The highest BCUT2D eigenvalue weighted by atomic mass is 16.2. The van der Waals surface area contributed by atoms with Gasteiger partial charge in [-0.15, -0.1) is 0 Å². The van der Waals surface area contributed by atoms with Crippen LogP contribution in [0.3, 0.4) is 0 Å².